The molecule has 24 heavy (non-hydrogen) atoms. The molecule has 0 saturated carbocycles. The average molecular weight is 329 g/mol. The largest absolute Gasteiger partial charge is 0.368 e. The van der Waals surface area contributed by atoms with Gasteiger partial charge in [0.2, 0.25) is 11.8 Å². The Morgan fingerprint density at radius 2 is 2.25 bits per heavy atom. The van der Waals surface area contributed by atoms with Crippen molar-refractivity contribution in [3.63, 3.8) is 0 Å². The maximum atomic E-state index is 11.9. The molecule has 2 atom stereocenters. The lowest BCUT2D eigenvalue weighted by Gasteiger charge is -2.34. The predicted molar refractivity (Wildman–Crippen MR) is 88.8 cm³/mol. The van der Waals surface area contributed by atoms with E-state index in [4.69, 9.17) is 10.3 Å². The van der Waals surface area contributed by atoms with Gasteiger partial charge in [0.05, 0.1) is 6.54 Å². The van der Waals surface area contributed by atoms with Crippen LogP contribution < -0.4 is 11.1 Å². The van der Waals surface area contributed by atoms with Crippen LogP contribution in [-0.4, -0.2) is 40.1 Å². The van der Waals surface area contributed by atoms with Gasteiger partial charge in [0.25, 0.3) is 0 Å². The van der Waals surface area contributed by atoms with Crippen LogP contribution in [0.25, 0.3) is 0 Å². The molecule has 128 valence electrons. The summed E-state index contributed by atoms with van der Waals surface area (Å²) in [4.78, 5) is 18.4. The van der Waals surface area contributed by atoms with Gasteiger partial charge in [0.15, 0.2) is 5.82 Å². The Bertz CT molecular complexity index is 673. The minimum atomic E-state index is -0.469. The zero-order valence-corrected chi connectivity index (χ0v) is 13.8. The summed E-state index contributed by atoms with van der Waals surface area (Å²) in [5, 5.41) is 7.36. The van der Waals surface area contributed by atoms with Crippen LogP contribution in [0.2, 0.25) is 0 Å². The summed E-state index contributed by atoms with van der Waals surface area (Å²) in [6, 6.07) is 9.33. The molecule has 0 bridgehead atoms. The van der Waals surface area contributed by atoms with E-state index in [1.54, 1.807) is 6.92 Å². The second-order valence-electron chi connectivity index (χ2n) is 6.22. The van der Waals surface area contributed by atoms with E-state index in [-0.39, 0.29) is 11.9 Å². The Balaban J connectivity index is 1.62. The normalized spacial score (nSPS) is 20.0. The third kappa shape index (κ3) is 4.18. The van der Waals surface area contributed by atoms with E-state index >= 15 is 0 Å². The molecule has 7 nitrogen and oxygen atoms in total. The van der Waals surface area contributed by atoms with Gasteiger partial charge in [-0.15, -0.1) is 0 Å². The summed E-state index contributed by atoms with van der Waals surface area (Å²) in [5.74, 6) is 0.921. The molecule has 7 heteroatoms. The Hall–Kier alpha value is -2.25. The Morgan fingerprint density at radius 1 is 1.46 bits per heavy atom. The van der Waals surface area contributed by atoms with Crippen LogP contribution in [0, 0.1) is 6.92 Å². The van der Waals surface area contributed by atoms with E-state index < -0.39 is 6.04 Å². The summed E-state index contributed by atoms with van der Waals surface area (Å²) in [7, 11) is 0. The quantitative estimate of drug-likeness (QED) is 0.825. The second kappa shape index (κ2) is 7.55. The number of aromatic nitrogens is 2. The highest BCUT2D eigenvalue weighted by atomic mass is 16.5. The molecular formula is C17H23N5O2. The van der Waals surface area contributed by atoms with Crippen LogP contribution in [0.4, 0.5) is 0 Å². The van der Waals surface area contributed by atoms with Crippen LogP contribution in [-0.2, 0) is 11.3 Å². The van der Waals surface area contributed by atoms with E-state index in [0.717, 1.165) is 31.5 Å². The Kier molecular flexibility index (Phi) is 5.22. The number of nitrogens with one attached hydrogen (secondary N) is 1. The molecule has 1 aromatic heterocycles. The van der Waals surface area contributed by atoms with Gasteiger partial charge in [-0.25, -0.2) is 0 Å². The molecule has 3 N–H and O–H groups in total. The van der Waals surface area contributed by atoms with Gasteiger partial charge in [-0.05, 0) is 24.9 Å². The fraction of sp³-hybridized carbons (Fsp3) is 0.471. The lowest BCUT2D eigenvalue weighted by molar-refractivity contribution is -0.120. The molecule has 3 rings (SSSR count). The highest BCUT2D eigenvalue weighted by molar-refractivity contribution is 5.81. The molecule has 0 spiro atoms. The van der Waals surface area contributed by atoms with Gasteiger partial charge in [-0.3, -0.25) is 15.0 Å². The number of benzene rings is 1. The highest BCUT2D eigenvalue weighted by Crippen LogP contribution is 2.18. The summed E-state index contributed by atoms with van der Waals surface area (Å²) >= 11 is 0. The number of aryl methyl sites for hydroxylation is 1. The van der Waals surface area contributed by atoms with Gasteiger partial charge in [0, 0.05) is 19.5 Å². The lowest BCUT2D eigenvalue weighted by Crippen LogP contribution is -2.49. The highest BCUT2D eigenvalue weighted by Gasteiger charge is 2.26. The van der Waals surface area contributed by atoms with Crippen molar-refractivity contribution in [1.29, 1.82) is 0 Å². The molecule has 0 aliphatic carbocycles. The molecule has 0 radical (unpaired) electrons. The maximum absolute atomic E-state index is 11.9. The molecule has 1 aromatic carbocycles. The van der Waals surface area contributed by atoms with Crippen molar-refractivity contribution in [3.05, 3.63) is 47.6 Å². The van der Waals surface area contributed by atoms with Crippen molar-refractivity contribution in [2.45, 2.75) is 38.4 Å². The van der Waals surface area contributed by atoms with E-state index in [2.05, 4.69) is 20.4 Å². The first-order valence-electron chi connectivity index (χ1n) is 8.23. The maximum Gasteiger partial charge on any atom is 0.239 e. The van der Waals surface area contributed by atoms with Crippen LogP contribution in [0.1, 0.15) is 36.2 Å². The fourth-order valence-corrected chi connectivity index (χ4v) is 3.16. The van der Waals surface area contributed by atoms with Gasteiger partial charge < -0.3 is 10.3 Å². The van der Waals surface area contributed by atoms with E-state index in [9.17, 15) is 4.79 Å². The molecule has 2 heterocycles. The van der Waals surface area contributed by atoms with Crippen molar-refractivity contribution in [2.75, 3.05) is 13.1 Å². The van der Waals surface area contributed by atoms with Crippen LogP contribution in [0.3, 0.4) is 0 Å². The molecule has 1 aliphatic rings. The zero-order chi connectivity index (χ0) is 16.9. The average Bonchev–Trinajstić information content (AvgIpc) is 2.98. The number of carbonyl (C=O) groups excluding carboxylic acids is 1. The number of carbonyl (C=O) groups is 1. The number of amides is 1. The predicted octanol–water partition coefficient (Wildman–Crippen LogP) is 1.16. The SMILES string of the molecule is Cc1nc(CN2CCC[C@H](N[C@H](C(N)=O)c3ccccc3)C2)no1. The number of nitrogens with zero attached hydrogens (tertiary/aromatic N) is 3. The second-order valence-corrected chi connectivity index (χ2v) is 6.22. The van der Waals surface area contributed by atoms with Crippen molar-refractivity contribution < 1.29 is 9.32 Å². The summed E-state index contributed by atoms with van der Waals surface area (Å²) in [6.45, 7) is 4.25. The topological polar surface area (TPSA) is 97.3 Å². The molecular weight excluding hydrogens is 306 g/mol. The minimum Gasteiger partial charge on any atom is -0.368 e. The Labute approximate surface area is 141 Å². The van der Waals surface area contributed by atoms with Crippen LogP contribution >= 0.6 is 0 Å². The van der Waals surface area contributed by atoms with Gasteiger partial charge in [-0.1, -0.05) is 35.5 Å². The minimum absolute atomic E-state index is 0.199. The summed E-state index contributed by atoms with van der Waals surface area (Å²) in [5.41, 5.74) is 6.50. The van der Waals surface area contributed by atoms with Crippen molar-refractivity contribution in [3.8, 4) is 0 Å². The van der Waals surface area contributed by atoms with Gasteiger partial charge >= 0.3 is 0 Å². The number of hydrogen-bond donors (Lipinski definition) is 2. The van der Waals surface area contributed by atoms with E-state index in [1.807, 2.05) is 30.3 Å². The first kappa shape index (κ1) is 16.6. The molecule has 1 saturated heterocycles. The number of primary amides is 1. The Morgan fingerprint density at radius 3 is 2.92 bits per heavy atom. The van der Waals surface area contributed by atoms with Crippen molar-refractivity contribution in [1.82, 2.24) is 20.4 Å². The van der Waals surface area contributed by atoms with Crippen molar-refractivity contribution >= 4 is 5.91 Å². The first-order chi connectivity index (χ1) is 11.6. The monoisotopic (exact) mass is 329 g/mol. The number of likely N-dealkylation sites (tertiary alicyclic amines) is 1. The molecule has 1 amide bonds. The number of rotatable bonds is 6. The third-order valence-electron chi connectivity index (χ3n) is 4.26. The van der Waals surface area contributed by atoms with Crippen LogP contribution in [0.5, 0.6) is 0 Å². The zero-order valence-electron chi connectivity index (χ0n) is 13.8. The number of hydrogen-bond acceptors (Lipinski definition) is 6. The molecule has 0 unspecified atom stereocenters. The van der Waals surface area contributed by atoms with E-state index in [0.29, 0.717) is 18.3 Å². The van der Waals surface area contributed by atoms with Gasteiger partial charge in [0.1, 0.15) is 6.04 Å². The lowest BCUT2D eigenvalue weighted by atomic mass is 10.0. The van der Waals surface area contributed by atoms with E-state index in [1.165, 1.54) is 0 Å². The summed E-state index contributed by atoms with van der Waals surface area (Å²) in [6.07, 6.45) is 2.06. The first-order valence-corrected chi connectivity index (χ1v) is 8.23. The fourth-order valence-electron chi connectivity index (χ4n) is 3.16. The standard InChI is InChI=1S/C17H23N5O2/c1-12-19-15(21-24-12)11-22-9-5-8-14(10-22)20-16(17(18)23)13-6-3-2-4-7-13/h2-4,6-7,14,16,20H,5,8-11H2,1H3,(H2,18,23)/t14-,16-/m0/s1. The van der Waals surface area contributed by atoms with Gasteiger partial charge in [-0.2, -0.15) is 4.98 Å². The molecule has 1 fully saturated rings. The smallest absolute Gasteiger partial charge is 0.239 e. The van der Waals surface area contributed by atoms with Crippen LogP contribution in [0.15, 0.2) is 34.9 Å². The molecule has 2 aromatic rings. The number of piperidine rings is 1. The van der Waals surface area contributed by atoms with Crippen molar-refractivity contribution in [2.24, 2.45) is 5.73 Å². The third-order valence-corrected chi connectivity index (χ3v) is 4.26. The number of nitrogens with two attached hydrogens (primary N) is 1. The molecule has 1 aliphatic heterocycles. The summed E-state index contributed by atoms with van der Waals surface area (Å²) < 4.78 is 5.02.